The molecule has 0 unspecified atom stereocenters. The van der Waals surface area contributed by atoms with Gasteiger partial charge in [-0.15, -0.1) is 4.83 Å². The predicted molar refractivity (Wildman–Crippen MR) is 62.9 cm³/mol. The van der Waals surface area contributed by atoms with Crippen LogP contribution in [-0.4, -0.2) is 23.2 Å². The number of hydrogen-bond acceptors (Lipinski definition) is 4. The molecule has 2 aromatic rings. The Morgan fingerprint density at radius 3 is 2.24 bits per heavy atom. The number of nitrogens with one attached hydrogen (secondary N) is 2. The normalized spacial score (nSPS) is 10.5. The molecular formula is C9H12N4O3S. The lowest BCUT2D eigenvalue weighted by Gasteiger charge is -1.93. The molecule has 0 aliphatic carbocycles. The quantitative estimate of drug-likeness (QED) is 0.350. The van der Waals surface area contributed by atoms with Crippen molar-refractivity contribution in [2.24, 2.45) is 5.84 Å². The number of nitrogens with two attached hydrogens (primary N) is 1. The van der Waals surface area contributed by atoms with Crippen LogP contribution in [0.15, 0.2) is 42.6 Å². The topological polar surface area (TPSA) is 121 Å². The zero-order valence-electron chi connectivity index (χ0n) is 8.74. The molecule has 17 heavy (non-hydrogen) atoms. The lowest BCUT2D eigenvalue weighted by molar-refractivity contribution is 0.469. The molecule has 0 amide bonds. The van der Waals surface area contributed by atoms with Crippen molar-refractivity contribution in [2.45, 2.75) is 0 Å². The minimum Gasteiger partial charge on any atom is -0.278 e. The summed E-state index contributed by atoms with van der Waals surface area (Å²) in [5.41, 5.74) is 2.23. The number of hydrazine groups is 1. The molecule has 5 N–H and O–H groups in total. The third kappa shape index (κ3) is 5.22. The molecule has 1 heterocycles. The van der Waals surface area contributed by atoms with Crippen LogP contribution in [0.5, 0.6) is 0 Å². The van der Waals surface area contributed by atoms with E-state index in [1.807, 2.05) is 36.4 Å². The molecule has 0 radical (unpaired) electrons. The molecule has 0 saturated carbocycles. The molecule has 0 bridgehead atoms. The summed E-state index contributed by atoms with van der Waals surface area (Å²) in [4.78, 5) is 1.13. The Labute approximate surface area is 98.5 Å². The Bertz CT molecular complexity index is 525. The van der Waals surface area contributed by atoms with Crippen LogP contribution in [0, 0.1) is 0 Å². The molecule has 1 aromatic heterocycles. The van der Waals surface area contributed by atoms with Crippen LogP contribution in [0.1, 0.15) is 0 Å². The highest BCUT2D eigenvalue weighted by Gasteiger charge is 1.94. The molecule has 0 atom stereocenters. The average Bonchev–Trinajstić information content (AvgIpc) is 2.84. The Kier molecular flexibility index (Phi) is 4.79. The van der Waals surface area contributed by atoms with Gasteiger partial charge in [-0.3, -0.25) is 15.5 Å². The summed E-state index contributed by atoms with van der Waals surface area (Å²) in [6.07, 6.45) is 1.75. The molecule has 8 heteroatoms. The smallest absolute Gasteiger partial charge is 0.278 e. The van der Waals surface area contributed by atoms with Crippen molar-refractivity contribution in [3.8, 4) is 11.3 Å². The first kappa shape index (κ1) is 13.3. The van der Waals surface area contributed by atoms with E-state index in [0.29, 0.717) is 0 Å². The highest BCUT2D eigenvalue weighted by Crippen LogP contribution is 2.13. The SMILES string of the molecule is NNS(=O)(=O)O.c1ccc(-c2ccn[nH]2)cc1. The van der Waals surface area contributed by atoms with Crippen molar-refractivity contribution >= 4 is 10.3 Å². The largest absolute Gasteiger partial charge is 0.346 e. The van der Waals surface area contributed by atoms with Crippen LogP contribution in [0.2, 0.25) is 0 Å². The van der Waals surface area contributed by atoms with E-state index < -0.39 is 10.3 Å². The number of aromatic nitrogens is 2. The fourth-order valence-corrected chi connectivity index (χ4v) is 1.03. The average molecular weight is 256 g/mol. The van der Waals surface area contributed by atoms with Gasteiger partial charge >= 0.3 is 10.3 Å². The van der Waals surface area contributed by atoms with Gasteiger partial charge in [0.2, 0.25) is 0 Å². The Hall–Kier alpha value is -1.74. The highest BCUT2D eigenvalue weighted by atomic mass is 32.2. The van der Waals surface area contributed by atoms with Gasteiger partial charge in [-0.1, -0.05) is 30.3 Å². The van der Waals surface area contributed by atoms with E-state index in [2.05, 4.69) is 16.0 Å². The van der Waals surface area contributed by atoms with E-state index in [1.54, 1.807) is 6.20 Å². The van der Waals surface area contributed by atoms with Crippen molar-refractivity contribution < 1.29 is 13.0 Å². The lowest BCUT2D eigenvalue weighted by Crippen LogP contribution is -2.29. The molecule has 0 aliphatic heterocycles. The van der Waals surface area contributed by atoms with Crippen LogP contribution in [0.3, 0.4) is 0 Å². The van der Waals surface area contributed by atoms with E-state index in [1.165, 1.54) is 5.56 Å². The van der Waals surface area contributed by atoms with Gasteiger partial charge in [-0.25, -0.2) is 0 Å². The maximum Gasteiger partial charge on any atom is 0.346 e. The summed E-state index contributed by atoms with van der Waals surface area (Å²) in [7, 11) is -4.13. The minimum atomic E-state index is -4.13. The van der Waals surface area contributed by atoms with Gasteiger partial charge in [0.25, 0.3) is 0 Å². The summed E-state index contributed by atoms with van der Waals surface area (Å²) in [6, 6.07) is 12.1. The lowest BCUT2D eigenvalue weighted by atomic mass is 10.2. The predicted octanol–water partition coefficient (Wildman–Crippen LogP) is 0.329. The van der Waals surface area contributed by atoms with Gasteiger partial charge in [0.15, 0.2) is 0 Å². The van der Waals surface area contributed by atoms with Gasteiger partial charge < -0.3 is 0 Å². The van der Waals surface area contributed by atoms with Crippen LogP contribution in [0.4, 0.5) is 0 Å². The summed E-state index contributed by atoms with van der Waals surface area (Å²) in [5.74, 6) is 4.22. The number of rotatable bonds is 2. The van der Waals surface area contributed by atoms with Crippen LogP contribution >= 0.6 is 0 Å². The van der Waals surface area contributed by atoms with E-state index in [0.717, 1.165) is 10.5 Å². The molecule has 2 rings (SSSR count). The number of benzene rings is 1. The Balaban J connectivity index is 0.000000209. The molecule has 92 valence electrons. The van der Waals surface area contributed by atoms with Crippen LogP contribution < -0.4 is 10.7 Å². The molecule has 0 fully saturated rings. The third-order valence-corrected chi connectivity index (χ3v) is 2.03. The summed E-state index contributed by atoms with van der Waals surface area (Å²) in [5, 5.41) is 6.78. The third-order valence-electron chi connectivity index (χ3n) is 1.73. The van der Waals surface area contributed by atoms with E-state index in [4.69, 9.17) is 4.55 Å². The molecule has 0 spiro atoms. The standard InChI is InChI=1S/C9H8N2.H4N2O3S/c1-2-4-8(5-3-1)9-6-7-10-11-9;1-2-6(3,4)5/h1-7H,(H,10,11);2H,1H2,(H,3,4,5). The second-order valence-electron chi connectivity index (χ2n) is 2.93. The Morgan fingerprint density at radius 1 is 1.24 bits per heavy atom. The number of nitrogens with zero attached hydrogens (tertiary/aromatic N) is 1. The van der Waals surface area contributed by atoms with Crippen molar-refractivity contribution in [1.29, 1.82) is 0 Å². The van der Waals surface area contributed by atoms with Gasteiger partial charge in [-0.05, 0) is 11.6 Å². The van der Waals surface area contributed by atoms with Crippen molar-refractivity contribution in [1.82, 2.24) is 15.0 Å². The van der Waals surface area contributed by atoms with Gasteiger partial charge in [0, 0.05) is 6.20 Å². The zero-order valence-corrected chi connectivity index (χ0v) is 9.55. The molecule has 0 aliphatic rings. The van der Waals surface area contributed by atoms with Crippen molar-refractivity contribution in [3.63, 3.8) is 0 Å². The zero-order chi connectivity index (χ0) is 12.7. The molecular weight excluding hydrogens is 244 g/mol. The van der Waals surface area contributed by atoms with Crippen LogP contribution in [-0.2, 0) is 10.3 Å². The number of aromatic amines is 1. The van der Waals surface area contributed by atoms with E-state index in [9.17, 15) is 8.42 Å². The van der Waals surface area contributed by atoms with E-state index >= 15 is 0 Å². The van der Waals surface area contributed by atoms with Gasteiger partial charge in [-0.2, -0.15) is 13.5 Å². The summed E-state index contributed by atoms with van der Waals surface area (Å²) >= 11 is 0. The number of H-pyrrole nitrogens is 1. The summed E-state index contributed by atoms with van der Waals surface area (Å²) < 4.78 is 26.2. The summed E-state index contributed by atoms with van der Waals surface area (Å²) in [6.45, 7) is 0. The van der Waals surface area contributed by atoms with Crippen molar-refractivity contribution in [3.05, 3.63) is 42.6 Å². The van der Waals surface area contributed by atoms with Crippen molar-refractivity contribution in [2.75, 3.05) is 0 Å². The number of hydrogen-bond donors (Lipinski definition) is 4. The minimum absolute atomic E-state index is 1.06. The second kappa shape index (κ2) is 6.11. The van der Waals surface area contributed by atoms with Gasteiger partial charge in [0.1, 0.15) is 0 Å². The maximum atomic E-state index is 9.32. The van der Waals surface area contributed by atoms with Gasteiger partial charge in [0.05, 0.1) is 5.69 Å². The van der Waals surface area contributed by atoms with E-state index in [-0.39, 0.29) is 0 Å². The molecule has 0 saturated heterocycles. The Morgan fingerprint density at radius 2 is 1.82 bits per heavy atom. The monoisotopic (exact) mass is 256 g/mol. The van der Waals surface area contributed by atoms with Crippen LogP contribution in [0.25, 0.3) is 11.3 Å². The molecule has 1 aromatic carbocycles. The first-order valence-electron chi connectivity index (χ1n) is 4.52. The fraction of sp³-hybridized carbons (Fsp3) is 0. The maximum absolute atomic E-state index is 9.32. The molecule has 7 nitrogen and oxygen atoms in total. The fourth-order valence-electron chi connectivity index (χ4n) is 1.03. The first-order chi connectivity index (χ1) is 8.03. The second-order valence-corrected chi connectivity index (χ2v) is 4.12. The highest BCUT2D eigenvalue weighted by molar-refractivity contribution is 7.83. The first-order valence-corrected chi connectivity index (χ1v) is 5.96.